The smallest absolute Gasteiger partial charge is 0.408 e. The molecule has 0 radical (unpaired) electrons. The fourth-order valence-electron chi connectivity index (χ4n) is 2.15. The maximum absolute atomic E-state index is 12.6. The van der Waals surface area contributed by atoms with Gasteiger partial charge in [0.05, 0.1) is 5.69 Å². The standard InChI is InChI=1S/C16H25N5O3S2/c1-9-10(2)26-14-19-13(20-21(9)14)18-12(22)11(7-8-25-6)17-15(23)24-16(3,4)5/h11H,7-8H2,1-6H3,(H,17,23)(H,18,20,22). The van der Waals surface area contributed by atoms with Crippen molar-refractivity contribution in [2.24, 2.45) is 0 Å². The highest BCUT2D eigenvalue weighted by atomic mass is 32.2. The Morgan fingerprint density at radius 1 is 1.35 bits per heavy atom. The number of hydrogen-bond donors (Lipinski definition) is 2. The molecule has 2 amide bonds. The monoisotopic (exact) mass is 399 g/mol. The van der Waals surface area contributed by atoms with Gasteiger partial charge in [-0.05, 0) is 53.0 Å². The second kappa shape index (κ2) is 8.26. The lowest BCUT2D eigenvalue weighted by atomic mass is 10.2. The third kappa shape index (κ3) is 5.34. The first-order chi connectivity index (χ1) is 12.1. The summed E-state index contributed by atoms with van der Waals surface area (Å²) >= 11 is 3.11. The molecule has 0 aliphatic carbocycles. The van der Waals surface area contributed by atoms with E-state index in [4.69, 9.17) is 4.74 Å². The third-order valence-corrected chi connectivity index (χ3v) is 5.19. The number of aryl methyl sites for hydroxylation is 2. The van der Waals surface area contributed by atoms with E-state index < -0.39 is 17.7 Å². The van der Waals surface area contributed by atoms with Gasteiger partial charge >= 0.3 is 6.09 Å². The van der Waals surface area contributed by atoms with Gasteiger partial charge in [-0.25, -0.2) is 9.31 Å². The average Bonchev–Trinajstić information content (AvgIpc) is 3.01. The van der Waals surface area contributed by atoms with E-state index in [1.165, 1.54) is 11.3 Å². The van der Waals surface area contributed by atoms with Gasteiger partial charge in [-0.2, -0.15) is 16.7 Å². The molecule has 0 aliphatic heterocycles. The molecule has 2 aromatic heterocycles. The van der Waals surface area contributed by atoms with Crippen molar-refractivity contribution in [3.63, 3.8) is 0 Å². The summed E-state index contributed by atoms with van der Waals surface area (Å²) in [6.45, 7) is 9.27. The Bertz CT molecular complexity index is 794. The number of carbonyl (C=O) groups excluding carboxylic acids is 2. The van der Waals surface area contributed by atoms with Crippen molar-refractivity contribution in [1.82, 2.24) is 19.9 Å². The molecule has 1 atom stereocenters. The van der Waals surface area contributed by atoms with Crippen LogP contribution >= 0.6 is 23.1 Å². The number of nitrogens with one attached hydrogen (secondary N) is 2. The SMILES string of the molecule is CSCCC(NC(=O)OC(C)(C)C)C(=O)Nc1nc2sc(C)c(C)n2n1. The third-order valence-electron chi connectivity index (χ3n) is 3.50. The molecular weight excluding hydrogens is 374 g/mol. The van der Waals surface area contributed by atoms with Gasteiger partial charge in [0, 0.05) is 4.88 Å². The van der Waals surface area contributed by atoms with Crippen molar-refractivity contribution >= 4 is 46.0 Å². The van der Waals surface area contributed by atoms with Gasteiger partial charge < -0.3 is 10.1 Å². The van der Waals surface area contributed by atoms with Crippen LogP contribution < -0.4 is 10.6 Å². The number of alkyl carbamates (subject to hydrolysis) is 1. The molecule has 144 valence electrons. The van der Waals surface area contributed by atoms with Gasteiger partial charge in [0.2, 0.25) is 10.9 Å². The summed E-state index contributed by atoms with van der Waals surface area (Å²) in [6.07, 6.45) is 1.80. The zero-order valence-corrected chi connectivity index (χ0v) is 17.5. The minimum atomic E-state index is -0.721. The highest BCUT2D eigenvalue weighted by Crippen LogP contribution is 2.21. The number of amides is 2. The van der Waals surface area contributed by atoms with E-state index in [2.05, 4.69) is 20.7 Å². The van der Waals surface area contributed by atoms with Crippen LogP contribution in [-0.4, -0.2) is 50.2 Å². The summed E-state index contributed by atoms with van der Waals surface area (Å²) in [4.78, 5) is 30.8. The number of carbonyl (C=O) groups is 2. The lowest BCUT2D eigenvalue weighted by molar-refractivity contribution is -0.118. The Morgan fingerprint density at radius 2 is 2.04 bits per heavy atom. The Hall–Kier alpha value is -1.81. The van der Waals surface area contributed by atoms with Crippen LogP contribution in [0.15, 0.2) is 0 Å². The molecule has 0 aromatic carbocycles. The first-order valence-corrected chi connectivity index (χ1v) is 10.4. The largest absolute Gasteiger partial charge is 0.444 e. The molecule has 26 heavy (non-hydrogen) atoms. The van der Waals surface area contributed by atoms with E-state index in [0.29, 0.717) is 6.42 Å². The van der Waals surface area contributed by atoms with Crippen LogP contribution in [0.3, 0.4) is 0 Å². The summed E-state index contributed by atoms with van der Waals surface area (Å²) in [6, 6.07) is -0.721. The van der Waals surface area contributed by atoms with Crippen molar-refractivity contribution < 1.29 is 14.3 Å². The topological polar surface area (TPSA) is 97.6 Å². The van der Waals surface area contributed by atoms with E-state index in [0.717, 1.165) is 21.3 Å². The first kappa shape index (κ1) is 20.5. The lowest BCUT2D eigenvalue weighted by Crippen LogP contribution is -2.46. The maximum atomic E-state index is 12.6. The van der Waals surface area contributed by atoms with Crippen molar-refractivity contribution in [2.45, 2.75) is 52.7 Å². The van der Waals surface area contributed by atoms with Gasteiger partial charge in [0.1, 0.15) is 11.6 Å². The van der Waals surface area contributed by atoms with Crippen LogP contribution in [0.4, 0.5) is 10.7 Å². The number of nitrogens with zero attached hydrogens (tertiary/aromatic N) is 3. The Balaban J connectivity index is 2.07. The van der Waals surface area contributed by atoms with E-state index >= 15 is 0 Å². The van der Waals surface area contributed by atoms with Crippen LogP contribution in [0.5, 0.6) is 0 Å². The highest BCUT2D eigenvalue weighted by Gasteiger charge is 2.25. The number of thiazole rings is 1. The van der Waals surface area contributed by atoms with Crippen LogP contribution in [0.2, 0.25) is 0 Å². The molecule has 2 rings (SSSR count). The summed E-state index contributed by atoms with van der Waals surface area (Å²) in [7, 11) is 0. The minimum Gasteiger partial charge on any atom is -0.444 e. The second-order valence-electron chi connectivity index (χ2n) is 6.84. The maximum Gasteiger partial charge on any atom is 0.408 e. The molecule has 0 bridgehead atoms. The van der Waals surface area contributed by atoms with Crippen LogP contribution in [0, 0.1) is 13.8 Å². The van der Waals surface area contributed by atoms with Crippen LogP contribution in [0.1, 0.15) is 37.8 Å². The van der Waals surface area contributed by atoms with Crippen LogP contribution in [0.25, 0.3) is 4.96 Å². The Kier molecular flexibility index (Phi) is 6.51. The molecule has 0 fully saturated rings. The molecule has 2 N–H and O–H groups in total. The molecule has 0 saturated heterocycles. The molecule has 0 aliphatic rings. The summed E-state index contributed by atoms with van der Waals surface area (Å²) in [5.74, 6) is 0.583. The van der Waals surface area contributed by atoms with Gasteiger partial charge in [-0.15, -0.1) is 5.10 Å². The van der Waals surface area contributed by atoms with E-state index in [1.807, 2.05) is 20.1 Å². The molecule has 0 spiro atoms. The minimum absolute atomic E-state index is 0.226. The van der Waals surface area contributed by atoms with Crippen molar-refractivity contribution in [1.29, 1.82) is 0 Å². The number of aromatic nitrogens is 3. The first-order valence-electron chi connectivity index (χ1n) is 8.23. The van der Waals surface area contributed by atoms with Crippen molar-refractivity contribution in [3.05, 3.63) is 10.6 Å². The van der Waals surface area contributed by atoms with Crippen molar-refractivity contribution in [3.8, 4) is 0 Å². The normalized spacial score (nSPS) is 12.8. The molecule has 10 heteroatoms. The van der Waals surface area contributed by atoms with Crippen molar-refractivity contribution in [2.75, 3.05) is 17.3 Å². The summed E-state index contributed by atoms with van der Waals surface area (Å²) in [5, 5.41) is 9.63. The Morgan fingerprint density at radius 3 is 2.62 bits per heavy atom. The molecule has 2 aromatic rings. The summed E-state index contributed by atoms with van der Waals surface area (Å²) in [5.41, 5.74) is 0.360. The quantitative estimate of drug-likeness (QED) is 0.775. The van der Waals surface area contributed by atoms with Gasteiger partial charge in [-0.1, -0.05) is 11.3 Å². The summed E-state index contributed by atoms with van der Waals surface area (Å²) < 4.78 is 6.94. The molecule has 0 saturated carbocycles. The molecule has 1 unspecified atom stereocenters. The zero-order valence-electron chi connectivity index (χ0n) is 15.9. The molecular formula is C16H25N5O3S2. The van der Waals surface area contributed by atoms with E-state index in [-0.39, 0.29) is 11.9 Å². The molecule has 2 heterocycles. The van der Waals surface area contributed by atoms with E-state index in [9.17, 15) is 9.59 Å². The zero-order chi connectivity index (χ0) is 19.5. The lowest BCUT2D eigenvalue weighted by Gasteiger charge is -2.22. The fourth-order valence-corrected chi connectivity index (χ4v) is 3.52. The van der Waals surface area contributed by atoms with E-state index in [1.54, 1.807) is 37.0 Å². The average molecular weight is 400 g/mol. The predicted octanol–water partition coefficient (Wildman–Crippen LogP) is 2.99. The van der Waals surface area contributed by atoms with Gasteiger partial charge in [0.15, 0.2) is 0 Å². The van der Waals surface area contributed by atoms with Gasteiger partial charge in [-0.3, -0.25) is 10.1 Å². The van der Waals surface area contributed by atoms with Crippen LogP contribution in [-0.2, 0) is 9.53 Å². The number of fused-ring (bicyclic) bond motifs is 1. The van der Waals surface area contributed by atoms with Gasteiger partial charge in [0.25, 0.3) is 5.95 Å². The Labute approximate surface area is 161 Å². The number of anilines is 1. The second-order valence-corrected chi connectivity index (χ2v) is 9.01. The number of hydrogen-bond acceptors (Lipinski definition) is 7. The highest BCUT2D eigenvalue weighted by molar-refractivity contribution is 7.98. The fraction of sp³-hybridized carbons (Fsp3) is 0.625. The number of thioether (sulfide) groups is 1. The number of rotatable bonds is 6. The number of ether oxygens (including phenoxy) is 1. The molecule has 8 nitrogen and oxygen atoms in total. The predicted molar refractivity (Wildman–Crippen MR) is 105 cm³/mol.